The molecule has 102 valence electrons. The van der Waals surface area contributed by atoms with Gasteiger partial charge in [-0.1, -0.05) is 27.7 Å². The minimum Gasteiger partial charge on any atom is -0.324 e. The highest BCUT2D eigenvalue weighted by molar-refractivity contribution is 5.24. The molecular weight excluding hydrogens is 220 g/mol. The number of nitrogens with zero attached hydrogens (tertiary/aromatic N) is 1. The molecule has 5 atom stereocenters. The number of rotatable bonds is 0. The van der Waals surface area contributed by atoms with E-state index in [-0.39, 0.29) is 16.4 Å². The molecule has 2 heteroatoms. The Bertz CT molecular complexity index is 377. The van der Waals surface area contributed by atoms with Gasteiger partial charge in [-0.25, -0.2) is 0 Å². The van der Waals surface area contributed by atoms with Crippen molar-refractivity contribution in [1.82, 2.24) is 0 Å². The molecule has 0 aliphatic heterocycles. The molecule has 0 saturated heterocycles. The van der Waals surface area contributed by atoms with E-state index in [2.05, 4.69) is 40.7 Å². The molecule has 0 spiro atoms. The SMILES string of the molecule is CC1CCC(C)(C)C2CCC(C)[C@](C)(N)[C@]12C#N. The fourth-order valence-electron chi connectivity index (χ4n) is 4.91. The van der Waals surface area contributed by atoms with Crippen molar-refractivity contribution < 1.29 is 0 Å². The molecule has 2 rings (SSSR count). The second-order valence-electron chi connectivity index (χ2n) is 7.72. The van der Waals surface area contributed by atoms with Gasteiger partial charge in [-0.2, -0.15) is 5.26 Å². The van der Waals surface area contributed by atoms with Gasteiger partial charge < -0.3 is 5.73 Å². The number of nitriles is 1. The van der Waals surface area contributed by atoms with Crippen LogP contribution >= 0.6 is 0 Å². The molecule has 2 aliphatic carbocycles. The maximum absolute atomic E-state index is 10.0. The second-order valence-corrected chi connectivity index (χ2v) is 7.72. The van der Waals surface area contributed by atoms with Gasteiger partial charge in [0.05, 0.1) is 11.5 Å². The van der Waals surface area contributed by atoms with Gasteiger partial charge in [0.2, 0.25) is 0 Å². The molecule has 0 radical (unpaired) electrons. The largest absolute Gasteiger partial charge is 0.324 e. The van der Waals surface area contributed by atoms with Crippen LogP contribution in [0.1, 0.15) is 60.3 Å². The average Bonchev–Trinajstić information content (AvgIpc) is 2.28. The highest BCUT2D eigenvalue weighted by Gasteiger charge is 2.64. The third-order valence-corrected chi connectivity index (χ3v) is 6.48. The number of nitrogens with two attached hydrogens (primary N) is 1. The summed E-state index contributed by atoms with van der Waals surface area (Å²) in [6.45, 7) is 11.3. The predicted molar refractivity (Wildman–Crippen MR) is 74.7 cm³/mol. The minimum atomic E-state index is -0.359. The van der Waals surface area contributed by atoms with Crippen LogP contribution in [0.15, 0.2) is 0 Å². The predicted octanol–water partition coefficient (Wildman–Crippen LogP) is 3.72. The molecule has 2 saturated carbocycles. The third-order valence-electron chi connectivity index (χ3n) is 6.48. The van der Waals surface area contributed by atoms with Gasteiger partial charge >= 0.3 is 0 Å². The number of fused-ring (bicyclic) bond motifs is 1. The zero-order valence-electron chi connectivity index (χ0n) is 12.6. The molecule has 0 heterocycles. The Morgan fingerprint density at radius 3 is 2.22 bits per heavy atom. The van der Waals surface area contributed by atoms with Crippen molar-refractivity contribution >= 4 is 0 Å². The Balaban J connectivity index is 2.58. The van der Waals surface area contributed by atoms with Gasteiger partial charge in [-0.15, -0.1) is 0 Å². The van der Waals surface area contributed by atoms with Gasteiger partial charge in [0.25, 0.3) is 0 Å². The normalized spacial score (nSPS) is 51.3. The summed E-state index contributed by atoms with van der Waals surface area (Å²) in [5.41, 5.74) is 6.26. The smallest absolute Gasteiger partial charge is 0.0811 e. The van der Waals surface area contributed by atoms with E-state index in [0.29, 0.717) is 17.8 Å². The Morgan fingerprint density at radius 2 is 1.67 bits per heavy atom. The van der Waals surface area contributed by atoms with Crippen LogP contribution in [-0.2, 0) is 0 Å². The quantitative estimate of drug-likeness (QED) is 0.710. The molecular formula is C16H28N2. The Hall–Kier alpha value is -0.550. The molecule has 2 N–H and O–H groups in total. The Labute approximate surface area is 112 Å². The van der Waals surface area contributed by atoms with Crippen molar-refractivity contribution in [2.24, 2.45) is 34.3 Å². The first-order chi connectivity index (χ1) is 8.20. The van der Waals surface area contributed by atoms with Gasteiger partial charge in [0.1, 0.15) is 0 Å². The lowest BCUT2D eigenvalue weighted by Crippen LogP contribution is -2.68. The standard InChI is InChI=1S/C16H28N2/c1-11-6-7-13-14(3,4)9-8-12(2)16(13,10-17)15(11,5)18/h11-13H,6-9,18H2,1-5H3/t11?,12?,13?,15-,16+/m0/s1. The summed E-state index contributed by atoms with van der Waals surface area (Å²) in [5.74, 6) is 1.30. The molecule has 18 heavy (non-hydrogen) atoms. The first-order valence-electron chi connectivity index (χ1n) is 7.40. The van der Waals surface area contributed by atoms with Crippen LogP contribution < -0.4 is 5.73 Å². The summed E-state index contributed by atoms with van der Waals surface area (Å²) >= 11 is 0. The summed E-state index contributed by atoms with van der Waals surface area (Å²) in [6, 6.07) is 2.72. The van der Waals surface area contributed by atoms with Crippen LogP contribution in [0.5, 0.6) is 0 Å². The van der Waals surface area contributed by atoms with Crippen molar-refractivity contribution in [2.75, 3.05) is 0 Å². The maximum Gasteiger partial charge on any atom is 0.0811 e. The zero-order chi connectivity index (χ0) is 13.8. The van der Waals surface area contributed by atoms with E-state index in [0.717, 1.165) is 12.8 Å². The molecule has 0 bridgehead atoms. The number of hydrogen-bond acceptors (Lipinski definition) is 2. The average molecular weight is 248 g/mol. The Kier molecular flexibility index (Phi) is 3.06. The van der Waals surface area contributed by atoms with Gasteiger partial charge in [-0.05, 0) is 55.8 Å². The highest BCUT2D eigenvalue weighted by atomic mass is 14.9. The van der Waals surface area contributed by atoms with E-state index in [4.69, 9.17) is 5.73 Å². The minimum absolute atomic E-state index is 0.253. The summed E-state index contributed by atoms with van der Waals surface area (Å²) < 4.78 is 0. The van der Waals surface area contributed by atoms with Gasteiger partial charge in [0.15, 0.2) is 0 Å². The van der Waals surface area contributed by atoms with E-state index < -0.39 is 0 Å². The number of hydrogen-bond donors (Lipinski definition) is 1. The molecule has 3 unspecified atom stereocenters. The van der Waals surface area contributed by atoms with E-state index in [1.54, 1.807) is 0 Å². The molecule has 2 fully saturated rings. The lowest BCUT2D eigenvalue weighted by atomic mass is 9.41. The molecule has 0 aromatic rings. The van der Waals surface area contributed by atoms with Crippen LogP contribution in [0.3, 0.4) is 0 Å². The van der Waals surface area contributed by atoms with E-state index in [9.17, 15) is 5.26 Å². The van der Waals surface area contributed by atoms with E-state index >= 15 is 0 Å². The van der Waals surface area contributed by atoms with Crippen molar-refractivity contribution in [2.45, 2.75) is 65.8 Å². The molecule has 2 nitrogen and oxygen atoms in total. The first-order valence-corrected chi connectivity index (χ1v) is 7.40. The van der Waals surface area contributed by atoms with Crippen LogP contribution in [0.25, 0.3) is 0 Å². The first kappa shape index (κ1) is 13.9. The van der Waals surface area contributed by atoms with Crippen LogP contribution in [0, 0.1) is 39.9 Å². The second kappa shape index (κ2) is 3.97. The van der Waals surface area contributed by atoms with Gasteiger partial charge in [-0.3, -0.25) is 0 Å². The summed E-state index contributed by atoms with van der Waals surface area (Å²) in [4.78, 5) is 0. The molecule has 0 aromatic heterocycles. The van der Waals surface area contributed by atoms with Crippen molar-refractivity contribution in [3.05, 3.63) is 0 Å². The summed E-state index contributed by atoms with van der Waals surface area (Å²) in [6.07, 6.45) is 4.69. The topological polar surface area (TPSA) is 49.8 Å². The van der Waals surface area contributed by atoms with Crippen molar-refractivity contribution in [3.63, 3.8) is 0 Å². The van der Waals surface area contributed by atoms with Crippen LogP contribution in [-0.4, -0.2) is 5.54 Å². The maximum atomic E-state index is 10.0. The molecule has 0 aromatic carbocycles. The van der Waals surface area contributed by atoms with Crippen molar-refractivity contribution in [1.29, 1.82) is 5.26 Å². The highest BCUT2D eigenvalue weighted by Crippen LogP contribution is 2.63. The molecule has 0 amide bonds. The molecule has 2 aliphatic rings. The Morgan fingerprint density at radius 1 is 1.06 bits per heavy atom. The lowest BCUT2D eigenvalue weighted by Gasteiger charge is -2.63. The van der Waals surface area contributed by atoms with Crippen LogP contribution in [0.4, 0.5) is 0 Å². The van der Waals surface area contributed by atoms with Crippen LogP contribution in [0.2, 0.25) is 0 Å². The van der Waals surface area contributed by atoms with Gasteiger partial charge in [0, 0.05) is 5.54 Å². The lowest BCUT2D eigenvalue weighted by molar-refractivity contribution is -0.109. The van der Waals surface area contributed by atoms with E-state index in [1.807, 2.05) is 0 Å². The summed E-state index contributed by atoms with van der Waals surface area (Å²) in [5, 5.41) is 10.0. The fraction of sp³-hybridized carbons (Fsp3) is 0.938. The zero-order valence-corrected chi connectivity index (χ0v) is 12.6. The van der Waals surface area contributed by atoms with E-state index in [1.165, 1.54) is 12.8 Å². The fourth-order valence-corrected chi connectivity index (χ4v) is 4.91. The third kappa shape index (κ3) is 1.50. The monoisotopic (exact) mass is 248 g/mol. The van der Waals surface area contributed by atoms with Crippen molar-refractivity contribution in [3.8, 4) is 6.07 Å². The summed E-state index contributed by atoms with van der Waals surface area (Å²) in [7, 11) is 0.